The van der Waals surface area contributed by atoms with E-state index in [0.717, 1.165) is 62.6 Å². The Balaban J connectivity index is 1.04. The fraction of sp³-hybridized carbons (Fsp3) is 0. The highest BCUT2D eigenvalue weighted by molar-refractivity contribution is 5.91. The van der Waals surface area contributed by atoms with E-state index in [0.29, 0.717) is 0 Å². The standard InChI is InChI=1S/C56H42N4/c1-4-18-46(19-5-1)57-47-26-30-50(31-27-47)58(51-32-36-53(37-33-51)59(48-20-6-2-7-21-48)55-28-24-42-14-10-12-16-44(42)40-55)52-34-38-54(39-35-52)60(49-22-8-3-9-23-49)56-29-25-43-15-11-13-17-45(43)41-56/h1-41,57H. The summed E-state index contributed by atoms with van der Waals surface area (Å²) >= 11 is 0. The highest BCUT2D eigenvalue weighted by Gasteiger charge is 2.18. The number of para-hydroxylation sites is 3. The molecule has 4 heteroatoms. The van der Waals surface area contributed by atoms with Crippen molar-refractivity contribution in [3.63, 3.8) is 0 Å². The summed E-state index contributed by atoms with van der Waals surface area (Å²) in [7, 11) is 0. The maximum atomic E-state index is 3.54. The molecule has 0 saturated carbocycles. The van der Waals surface area contributed by atoms with Crippen molar-refractivity contribution in [2.45, 2.75) is 0 Å². The van der Waals surface area contributed by atoms with Gasteiger partial charge >= 0.3 is 0 Å². The molecule has 0 aliphatic rings. The third-order valence-electron chi connectivity index (χ3n) is 10.9. The van der Waals surface area contributed by atoms with Crippen molar-refractivity contribution < 1.29 is 0 Å². The fourth-order valence-electron chi connectivity index (χ4n) is 8.01. The van der Waals surface area contributed by atoms with Crippen molar-refractivity contribution in [1.29, 1.82) is 0 Å². The summed E-state index contributed by atoms with van der Waals surface area (Å²) in [6, 6.07) is 88.3. The monoisotopic (exact) mass is 770 g/mol. The molecular formula is C56H42N4. The van der Waals surface area contributed by atoms with Crippen molar-refractivity contribution in [1.82, 2.24) is 0 Å². The molecule has 0 atom stereocenters. The maximum Gasteiger partial charge on any atom is 0.0468 e. The quantitative estimate of drug-likeness (QED) is 0.141. The molecule has 286 valence electrons. The molecule has 0 spiro atoms. The third-order valence-corrected chi connectivity index (χ3v) is 10.9. The Hall–Kier alpha value is -8.08. The highest BCUT2D eigenvalue weighted by Crippen LogP contribution is 2.42. The number of anilines is 11. The predicted octanol–water partition coefficient (Wildman–Crippen LogP) is 16.1. The minimum absolute atomic E-state index is 1.03. The fourth-order valence-corrected chi connectivity index (χ4v) is 8.01. The SMILES string of the molecule is c1ccc(Nc2ccc(N(c3ccc(N(c4ccccc4)c4ccc5ccccc5c4)cc3)c3ccc(N(c4ccccc4)c4ccc5ccccc5c4)cc3)cc2)cc1. The molecule has 60 heavy (non-hydrogen) atoms. The van der Waals surface area contributed by atoms with E-state index < -0.39 is 0 Å². The van der Waals surface area contributed by atoms with Gasteiger partial charge in [0.1, 0.15) is 0 Å². The van der Waals surface area contributed by atoms with Crippen LogP contribution >= 0.6 is 0 Å². The van der Waals surface area contributed by atoms with Gasteiger partial charge in [0.2, 0.25) is 0 Å². The van der Waals surface area contributed by atoms with Crippen molar-refractivity contribution in [3.8, 4) is 0 Å². The van der Waals surface area contributed by atoms with Gasteiger partial charge in [0.05, 0.1) is 0 Å². The molecule has 1 N–H and O–H groups in total. The largest absolute Gasteiger partial charge is 0.356 e. The van der Waals surface area contributed by atoms with Crippen LogP contribution in [0.2, 0.25) is 0 Å². The Morgan fingerprint density at radius 3 is 0.867 bits per heavy atom. The summed E-state index contributed by atoms with van der Waals surface area (Å²) in [4.78, 5) is 6.97. The van der Waals surface area contributed by atoms with Gasteiger partial charge < -0.3 is 20.0 Å². The van der Waals surface area contributed by atoms with Gasteiger partial charge in [-0.25, -0.2) is 0 Å². The lowest BCUT2D eigenvalue weighted by atomic mass is 10.1. The third kappa shape index (κ3) is 7.53. The average Bonchev–Trinajstić information content (AvgIpc) is 3.32. The summed E-state index contributed by atoms with van der Waals surface area (Å²) in [5.74, 6) is 0. The second-order valence-corrected chi connectivity index (χ2v) is 14.8. The smallest absolute Gasteiger partial charge is 0.0468 e. The van der Waals surface area contributed by atoms with Gasteiger partial charge in [-0.2, -0.15) is 0 Å². The first-order valence-electron chi connectivity index (χ1n) is 20.3. The average molecular weight is 771 g/mol. The zero-order valence-corrected chi connectivity index (χ0v) is 33.0. The summed E-state index contributed by atoms with van der Waals surface area (Å²) < 4.78 is 0. The Kier molecular flexibility index (Phi) is 9.92. The van der Waals surface area contributed by atoms with Crippen LogP contribution in [0, 0.1) is 0 Å². The van der Waals surface area contributed by atoms with E-state index in [1.807, 2.05) is 18.2 Å². The molecule has 0 fully saturated rings. The Morgan fingerprint density at radius 1 is 0.200 bits per heavy atom. The number of rotatable bonds is 11. The lowest BCUT2D eigenvalue weighted by Gasteiger charge is -2.29. The van der Waals surface area contributed by atoms with Crippen molar-refractivity contribution >= 4 is 84.1 Å². The number of benzene rings is 10. The molecule has 0 aliphatic carbocycles. The molecule has 0 unspecified atom stereocenters. The summed E-state index contributed by atoms with van der Waals surface area (Å²) in [6.45, 7) is 0. The van der Waals surface area contributed by atoms with Crippen LogP contribution in [0.3, 0.4) is 0 Å². The molecule has 10 rings (SSSR count). The van der Waals surface area contributed by atoms with Gasteiger partial charge in [-0.15, -0.1) is 0 Å². The highest BCUT2D eigenvalue weighted by atomic mass is 15.2. The number of fused-ring (bicyclic) bond motifs is 2. The molecule has 0 saturated heterocycles. The van der Waals surface area contributed by atoms with E-state index in [4.69, 9.17) is 0 Å². The van der Waals surface area contributed by atoms with Gasteiger partial charge in [0.25, 0.3) is 0 Å². The van der Waals surface area contributed by atoms with Crippen LogP contribution in [0.1, 0.15) is 0 Å². The van der Waals surface area contributed by atoms with Crippen LogP contribution < -0.4 is 20.0 Å². The summed E-state index contributed by atoms with van der Waals surface area (Å²) in [5, 5.41) is 8.40. The Bertz CT molecular complexity index is 2820. The number of nitrogens with one attached hydrogen (secondary N) is 1. The second kappa shape index (κ2) is 16.4. The molecule has 0 radical (unpaired) electrons. The number of hydrogen-bond donors (Lipinski definition) is 1. The van der Waals surface area contributed by atoms with E-state index in [1.54, 1.807) is 0 Å². The van der Waals surface area contributed by atoms with E-state index >= 15 is 0 Å². The molecular weight excluding hydrogens is 729 g/mol. The lowest BCUT2D eigenvalue weighted by Crippen LogP contribution is -2.13. The molecule has 10 aromatic rings. The van der Waals surface area contributed by atoms with E-state index in [1.165, 1.54) is 21.5 Å². The van der Waals surface area contributed by atoms with E-state index in [-0.39, 0.29) is 0 Å². The topological polar surface area (TPSA) is 21.8 Å². The maximum absolute atomic E-state index is 3.54. The van der Waals surface area contributed by atoms with Gasteiger partial charge in [0.15, 0.2) is 0 Å². The van der Waals surface area contributed by atoms with Gasteiger partial charge in [-0.3, -0.25) is 0 Å². The molecule has 4 nitrogen and oxygen atoms in total. The number of nitrogens with zero attached hydrogens (tertiary/aromatic N) is 3. The van der Waals surface area contributed by atoms with Crippen molar-refractivity contribution in [2.24, 2.45) is 0 Å². The molecule has 0 aliphatic heterocycles. The summed E-state index contributed by atoms with van der Waals surface area (Å²) in [5.41, 5.74) is 11.8. The van der Waals surface area contributed by atoms with Gasteiger partial charge in [0, 0.05) is 62.6 Å². The molecule has 10 aromatic carbocycles. The van der Waals surface area contributed by atoms with Crippen LogP contribution in [0.15, 0.2) is 249 Å². The first-order chi connectivity index (χ1) is 29.7. The van der Waals surface area contributed by atoms with E-state index in [2.05, 4.69) is 251 Å². The molecule has 0 bridgehead atoms. The van der Waals surface area contributed by atoms with Crippen molar-refractivity contribution in [2.75, 3.05) is 20.0 Å². The second-order valence-electron chi connectivity index (χ2n) is 14.8. The van der Waals surface area contributed by atoms with Crippen LogP contribution in [0.25, 0.3) is 21.5 Å². The van der Waals surface area contributed by atoms with Crippen LogP contribution in [-0.2, 0) is 0 Å². The molecule has 0 aromatic heterocycles. The minimum atomic E-state index is 1.03. The van der Waals surface area contributed by atoms with Gasteiger partial charge in [-0.1, -0.05) is 115 Å². The van der Waals surface area contributed by atoms with Gasteiger partial charge in [-0.05, 0) is 155 Å². The van der Waals surface area contributed by atoms with Crippen LogP contribution in [0.4, 0.5) is 62.6 Å². The number of hydrogen-bond acceptors (Lipinski definition) is 4. The Labute approximate surface area is 351 Å². The predicted molar refractivity (Wildman–Crippen MR) is 255 cm³/mol. The normalized spacial score (nSPS) is 11.0. The van der Waals surface area contributed by atoms with Crippen LogP contribution in [-0.4, -0.2) is 0 Å². The summed E-state index contributed by atoms with van der Waals surface area (Å²) in [6.07, 6.45) is 0. The Morgan fingerprint density at radius 2 is 0.467 bits per heavy atom. The zero-order chi connectivity index (χ0) is 40.1. The van der Waals surface area contributed by atoms with Crippen molar-refractivity contribution in [3.05, 3.63) is 249 Å². The van der Waals surface area contributed by atoms with E-state index in [9.17, 15) is 0 Å². The lowest BCUT2D eigenvalue weighted by molar-refractivity contribution is 1.25. The first kappa shape index (κ1) is 36.3. The first-order valence-corrected chi connectivity index (χ1v) is 20.3. The molecule has 0 heterocycles. The zero-order valence-electron chi connectivity index (χ0n) is 33.0. The van der Waals surface area contributed by atoms with Crippen LogP contribution in [0.5, 0.6) is 0 Å². The minimum Gasteiger partial charge on any atom is -0.356 e. The molecule has 0 amide bonds.